The normalized spacial score (nSPS) is 15.4. The van der Waals surface area contributed by atoms with Crippen LogP contribution in [-0.2, 0) is 11.3 Å². The van der Waals surface area contributed by atoms with Crippen LogP contribution in [-0.4, -0.2) is 43.0 Å². The third-order valence-corrected chi connectivity index (χ3v) is 6.02. The fourth-order valence-electron chi connectivity index (χ4n) is 3.93. The van der Waals surface area contributed by atoms with Crippen LogP contribution in [0.5, 0.6) is 0 Å². The zero-order valence-corrected chi connectivity index (χ0v) is 19.8. The molecule has 0 bridgehead atoms. The maximum atomic E-state index is 13.0. The van der Waals surface area contributed by atoms with Crippen molar-refractivity contribution in [3.05, 3.63) is 23.8 Å². The fourth-order valence-corrected chi connectivity index (χ4v) is 3.93. The van der Waals surface area contributed by atoms with Gasteiger partial charge in [0.25, 0.3) is 0 Å². The van der Waals surface area contributed by atoms with Gasteiger partial charge >= 0.3 is 6.03 Å². The summed E-state index contributed by atoms with van der Waals surface area (Å²) >= 11 is 0. The number of amides is 3. The number of carbonyl (C=O) groups is 2. The molecule has 0 spiro atoms. The fraction of sp³-hybridized carbons (Fsp3) is 0.667. The molecule has 1 atom stereocenters. The monoisotopic (exact) mass is 416 g/mol. The molecule has 0 saturated heterocycles. The lowest BCUT2D eigenvalue weighted by Gasteiger charge is -2.34. The Morgan fingerprint density at radius 1 is 1.07 bits per heavy atom. The van der Waals surface area contributed by atoms with Gasteiger partial charge in [-0.05, 0) is 63.3 Å². The van der Waals surface area contributed by atoms with E-state index in [2.05, 4.69) is 36.3 Å². The summed E-state index contributed by atoms with van der Waals surface area (Å²) in [5.41, 5.74) is 2.87. The van der Waals surface area contributed by atoms with Gasteiger partial charge in [0.15, 0.2) is 0 Å². The highest BCUT2D eigenvalue weighted by molar-refractivity contribution is 5.93. The maximum Gasteiger partial charge on any atom is 0.318 e. The van der Waals surface area contributed by atoms with Crippen LogP contribution in [0.4, 0.5) is 16.2 Å². The standard InChI is InChI=1S/C24H40N4O2/c1-16(2)18(5)28(24(30)25-17(3)4)15-20-14-21(12-13-22(20)27(6)7)26-23(29)19-10-8-9-11-19/h12-14,16-19H,8-11,15H2,1-7H3,(H,25,30)(H,26,29)/t18-/m0/s1. The Morgan fingerprint density at radius 2 is 1.70 bits per heavy atom. The Kier molecular flexibility index (Phi) is 8.56. The van der Waals surface area contributed by atoms with Gasteiger partial charge in [0.2, 0.25) is 5.91 Å². The van der Waals surface area contributed by atoms with Gasteiger partial charge in [-0.2, -0.15) is 0 Å². The van der Waals surface area contributed by atoms with Crippen molar-refractivity contribution >= 4 is 23.3 Å². The quantitative estimate of drug-likeness (QED) is 0.637. The number of nitrogens with zero attached hydrogens (tertiary/aromatic N) is 2. The highest BCUT2D eigenvalue weighted by Crippen LogP contribution is 2.29. The number of anilines is 2. The minimum absolute atomic E-state index is 0.0590. The van der Waals surface area contributed by atoms with Crippen LogP contribution in [0.3, 0.4) is 0 Å². The van der Waals surface area contributed by atoms with Crippen molar-refractivity contribution in [2.45, 2.75) is 78.9 Å². The molecule has 1 fully saturated rings. The predicted octanol–water partition coefficient (Wildman–Crippen LogP) is 4.85. The van der Waals surface area contributed by atoms with Crippen molar-refractivity contribution in [2.75, 3.05) is 24.3 Å². The molecule has 1 aliphatic rings. The van der Waals surface area contributed by atoms with Gasteiger partial charge in [-0.25, -0.2) is 4.79 Å². The number of urea groups is 1. The molecule has 2 rings (SSSR count). The van der Waals surface area contributed by atoms with Crippen molar-refractivity contribution in [1.82, 2.24) is 10.2 Å². The van der Waals surface area contributed by atoms with Crippen molar-refractivity contribution in [1.29, 1.82) is 0 Å². The second-order valence-electron chi connectivity index (χ2n) is 9.43. The summed E-state index contributed by atoms with van der Waals surface area (Å²) in [4.78, 5) is 29.5. The Bertz CT molecular complexity index is 724. The van der Waals surface area contributed by atoms with E-state index in [1.807, 2.05) is 51.0 Å². The average Bonchev–Trinajstić information content (AvgIpc) is 3.19. The zero-order valence-electron chi connectivity index (χ0n) is 19.8. The lowest BCUT2D eigenvalue weighted by molar-refractivity contribution is -0.119. The molecule has 0 radical (unpaired) electrons. The van der Waals surface area contributed by atoms with E-state index in [0.717, 1.165) is 42.6 Å². The molecule has 3 amide bonds. The van der Waals surface area contributed by atoms with Crippen LogP contribution < -0.4 is 15.5 Å². The Morgan fingerprint density at radius 3 is 2.23 bits per heavy atom. The predicted molar refractivity (Wildman–Crippen MR) is 125 cm³/mol. The molecule has 0 heterocycles. The van der Waals surface area contributed by atoms with E-state index in [0.29, 0.717) is 12.5 Å². The van der Waals surface area contributed by atoms with Gasteiger partial charge in [-0.15, -0.1) is 0 Å². The van der Waals surface area contributed by atoms with E-state index in [1.54, 1.807) is 0 Å². The molecule has 1 aliphatic carbocycles. The maximum absolute atomic E-state index is 13.0. The largest absolute Gasteiger partial charge is 0.377 e. The van der Waals surface area contributed by atoms with Crippen molar-refractivity contribution in [2.24, 2.45) is 11.8 Å². The van der Waals surface area contributed by atoms with Crippen molar-refractivity contribution < 1.29 is 9.59 Å². The van der Waals surface area contributed by atoms with Crippen LogP contribution in [0.1, 0.15) is 65.9 Å². The van der Waals surface area contributed by atoms with E-state index in [4.69, 9.17) is 0 Å². The third-order valence-electron chi connectivity index (χ3n) is 6.02. The van der Waals surface area contributed by atoms with E-state index >= 15 is 0 Å². The highest BCUT2D eigenvalue weighted by Gasteiger charge is 2.26. The first-order valence-electron chi connectivity index (χ1n) is 11.3. The molecular weight excluding hydrogens is 376 g/mol. The van der Waals surface area contributed by atoms with Crippen molar-refractivity contribution in [3.63, 3.8) is 0 Å². The molecule has 6 heteroatoms. The number of hydrogen-bond donors (Lipinski definition) is 2. The first-order valence-corrected chi connectivity index (χ1v) is 11.3. The van der Waals surface area contributed by atoms with Gasteiger partial charge < -0.3 is 20.4 Å². The van der Waals surface area contributed by atoms with E-state index in [9.17, 15) is 9.59 Å². The summed E-state index contributed by atoms with van der Waals surface area (Å²) in [5.74, 6) is 0.563. The van der Waals surface area contributed by atoms with Crippen LogP contribution >= 0.6 is 0 Å². The molecule has 0 aliphatic heterocycles. The molecule has 1 aromatic carbocycles. The molecule has 6 nitrogen and oxygen atoms in total. The van der Waals surface area contributed by atoms with Gasteiger partial charge in [0, 0.05) is 50.0 Å². The summed E-state index contributed by atoms with van der Waals surface area (Å²) in [6, 6.07) is 6.09. The molecular formula is C24H40N4O2. The van der Waals surface area contributed by atoms with Crippen molar-refractivity contribution in [3.8, 4) is 0 Å². The van der Waals surface area contributed by atoms with Crippen LogP contribution in [0, 0.1) is 11.8 Å². The summed E-state index contributed by atoms with van der Waals surface area (Å²) in [7, 11) is 4.00. The lowest BCUT2D eigenvalue weighted by Crippen LogP contribution is -2.48. The van der Waals surface area contributed by atoms with E-state index in [-0.39, 0.29) is 29.9 Å². The lowest BCUT2D eigenvalue weighted by atomic mass is 10.0. The highest BCUT2D eigenvalue weighted by atomic mass is 16.2. The molecule has 1 aromatic rings. The number of carbonyl (C=O) groups excluding carboxylic acids is 2. The van der Waals surface area contributed by atoms with Gasteiger partial charge in [0.1, 0.15) is 0 Å². The van der Waals surface area contributed by atoms with E-state index in [1.165, 1.54) is 0 Å². The van der Waals surface area contributed by atoms with Crippen LogP contribution in [0.2, 0.25) is 0 Å². The zero-order chi connectivity index (χ0) is 22.4. The summed E-state index contributed by atoms with van der Waals surface area (Å²) in [6.45, 7) is 10.8. The second-order valence-corrected chi connectivity index (χ2v) is 9.43. The molecule has 168 valence electrons. The summed E-state index contributed by atoms with van der Waals surface area (Å²) in [5, 5.41) is 6.14. The Balaban J connectivity index is 2.30. The number of rotatable bonds is 8. The van der Waals surface area contributed by atoms with Gasteiger partial charge in [-0.1, -0.05) is 26.7 Å². The number of hydrogen-bond acceptors (Lipinski definition) is 3. The Hall–Kier alpha value is -2.24. The topological polar surface area (TPSA) is 64.7 Å². The molecule has 0 unspecified atom stereocenters. The first-order chi connectivity index (χ1) is 14.1. The molecule has 2 N–H and O–H groups in total. The molecule has 1 saturated carbocycles. The molecule has 0 aromatic heterocycles. The summed E-state index contributed by atoms with van der Waals surface area (Å²) in [6.07, 6.45) is 4.22. The van der Waals surface area contributed by atoms with Crippen LogP contribution in [0.15, 0.2) is 18.2 Å². The smallest absolute Gasteiger partial charge is 0.318 e. The second kappa shape index (κ2) is 10.7. The third kappa shape index (κ3) is 6.38. The van der Waals surface area contributed by atoms with Gasteiger partial charge in [0.05, 0.1) is 0 Å². The van der Waals surface area contributed by atoms with Crippen LogP contribution in [0.25, 0.3) is 0 Å². The Labute approximate surface area is 182 Å². The van der Waals surface area contributed by atoms with E-state index < -0.39 is 0 Å². The average molecular weight is 417 g/mol. The van der Waals surface area contributed by atoms with Gasteiger partial charge in [-0.3, -0.25) is 4.79 Å². The SMILES string of the molecule is CC(C)NC(=O)N(Cc1cc(NC(=O)C2CCCC2)ccc1N(C)C)[C@@H](C)C(C)C. The first kappa shape index (κ1) is 24.0. The number of benzene rings is 1. The minimum Gasteiger partial charge on any atom is -0.377 e. The minimum atomic E-state index is -0.0590. The number of nitrogens with one attached hydrogen (secondary N) is 2. The summed E-state index contributed by atoms with van der Waals surface area (Å²) < 4.78 is 0. The molecule has 30 heavy (non-hydrogen) atoms.